The van der Waals surface area contributed by atoms with E-state index < -0.39 is 62.2 Å². The normalized spacial score (nSPS) is 32.7. The van der Waals surface area contributed by atoms with Crippen LogP contribution in [0.3, 0.4) is 0 Å². The zero-order chi connectivity index (χ0) is 26.1. The molecule has 2 fully saturated rings. The Hall–Kier alpha value is -2.18. The van der Waals surface area contributed by atoms with Crippen LogP contribution in [0, 0.1) is 0 Å². The molecule has 4 rings (SSSR count). The Morgan fingerprint density at radius 1 is 1.39 bits per heavy atom. The number of benzene rings is 1. The summed E-state index contributed by atoms with van der Waals surface area (Å²) in [6.45, 7) is 1.86. The summed E-state index contributed by atoms with van der Waals surface area (Å²) in [5.41, 5.74) is -3.27. The SMILES string of the molecule is CC(=O)OC1C(CO[P+]2(O)OCCCC(c3cccc(Cl)c3)O2)OC(n2ccc(=O)[nH]c2=O)C1(C)F. The number of carbonyl (C=O) groups excluding carboxylic acids is 1. The van der Waals surface area contributed by atoms with E-state index in [-0.39, 0.29) is 6.61 Å². The molecule has 36 heavy (non-hydrogen) atoms. The second-order valence-corrected chi connectivity index (χ2v) is 10.7. The highest BCUT2D eigenvalue weighted by molar-refractivity contribution is 7.55. The number of esters is 1. The largest absolute Gasteiger partial charge is 0.573 e. The summed E-state index contributed by atoms with van der Waals surface area (Å²) in [6, 6.07) is 8.00. The zero-order valence-electron chi connectivity index (χ0n) is 19.5. The van der Waals surface area contributed by atoms with E-state index in [2.05, 4.69) is 0 Å². The van der Waals surface area contributed by atoms with Crippen LogP contribution in [0.4, 0.5) is 4.39 Å². The van der Waals surface area contributed by atoms with Crippen molar-refractivity contribution in [3.05, 3.63) is 68.0 Å². The van der Waals surface area contributed by atoms with Crippen molar-refractivity contribution < 1.29 is 37.1 Å². The highest BCUT2D eigenvalue weighted by Gasteiger charge is 2.60. The van der Waals surface area contributed by atoms with E-state index in [4.69, 9.17) is 34.6 Å². The van der Waals surface area contributed by atoms with Gasteiger partial charge in [0.15, 0.2) is 18.0 Å². The first kappa shape index (κ1) is 26.9. The highest BCUT2D eigenvalue weighted by Crippen LogP contribution is 2.63. The number of hydrogen-bond acceptors (Lipinski definition) is 9. The van der Waals surface area contributed by atoms with Gasteiger partial charge in [-0.3, -0.25) is 19.1 Å². The van der Waals surface area contributed by atoms with Crippen molar-refractivity contribution in [2.75, 3.05) is 13.2 Å². The third-order valence-electron chi connectivity index (χ3n) is 5.83. The van der Waals surface area contributed by atoms with Crippen molar-refractivity contribution in [2.24, 2.45) is 0 Å². The fraction of sp³-hybridized carbons (Fsp3) is 0.500. The molecule has 0 saturated carbocycles. The van der Waals surface area contributed by atoms with Crippen LogP contribution < -0.4 is 11.2 Å². The Balaban J connectivity index is 1.55. The molecule has 196 valence electrons. The molecule has 2 aliphatic heterocycles. The first-order chi connectivity index (χ1) is 17.0. The van der Waals surface area contributed by atoms with Crippen molar-refractivity contribution in [3.63, 3.8) is 0 Å². The standard InChI is InChI=1S/C22H25ClFN2O9P/c1-13(27)33-19-17(34-20(22(19,2)24)26-9-8-18(28)25-21(26)29)12-32-36(30)31-10-4-7-16(35-36)14-5-3-6-15(23)11-14/h3,5-6,8-9,11,16-17,19-20,30H,4,7,10,12H2,1-2H3/p+1. The monoisotopic (exact) mass is 547 g/mol. The van der Waals surface area contributed by atoms with Gasteiger partial charge < -0.3 is 9.47 Å². The minimum atomic E-state index is -3.91. The van der Waals surface area contributed by atoms with E-state index in [0.717, 1.165) is 36.2 Å². The van der Waals surface area contributed by atoms with Crippen LogP contribution in [-0.2, 0) is 27.8 Å². The number of halogens is 2. The Morgan fingerprint density at radius 3 is 2.86 bits per heavy atom. The summed E-state index contributed by atoms with van der Waals surface area (Å²) in [5, 5.41) is 0.499. The molecule has 0 amide bonds. The average molecular weight is 548 g/mol. The lowest BCUT2D eigenvalue weighted by Crippen LogP contribution is -2.45. The number of H-pyrrole nitrogens is 1. The number of rotatable bonds is 6. The van der Waals surface area contributed by atoms with Gasteiger partial charge in [-0.15, -0.1) is 4.52 Å². The molecule has 2 aromatic rings. The number of ether oxygens (including phenoxy) is 2. The molecule has 0 radical (unpaired) electrons. The molecule has 2 aliphatic rings. The number of nitrogens with zero attached hydrogens (tertiary/aromatic N) is 1. The molecular weight excluding hydrogens is 522 g/mol. The van der Waals surface area contributed by atoms with E-state index in [0.29, 0.717) is 17.9 Å². The molecule has 1 aromatic heterocycles. The van der Waals surface area contributed by atoms with Crippen LogP contribution in [0.1, 0.15) is 44.6 Å². The lowest BCUT2D eigenvalue weighted by atomic mass is 9.98. The van der Waals surface area contributed by atoms with Crippen molar-refractivity contribution >= 4 is 25.7 Å². The first-order valence-electron chi connectivity index (χ1n) is 11.2. The maximum Gasteiger partial charge on any atom is 0.573 e. The quantitative estimate of drug-likeness (QED) is 0.413. The van der Waals surface area contributed by atoms with Gasteiger partial charge in [0.2, 0.25) is 0 Å². The predicted molar refractivity (Wildman–Crippen MR) is 126 cm³/mol. The zero-order valence-corrected chi connectivity index (χ0v) is 21.1. The topological polar surface area (TPSA) is 138 Å². The molecule has 2 saturated heterocycles. The molecule has 3 heterocycles. The maximum absolute atomic E-state index is 15.9. The lowest BCUT2D eigenvalue weighted by molar-refractivity contribution is -0.155. The van der Waals surface area contributed by atoms with E-state index in [1.165, 1.54) is 0 Å². The molecule has 14 heteroatoms. The minimum absolute atomic E-state index is 0.149. The Bertz CT molecular complexity index is 1220. The second-order valence-electron chi connectivity index (χ2n) is 8.61. The molecule has 6 atom stereocenters. The fourth-order valence-corrected chi connectivity index (χ4v) is 5.82. The average Bonchev–Trinajstić information content (AvgIpc) is 2.93. The Morgan fingerprint density at radius 2 is 2.17 bits per heavy atom. The molecular formula is C22H26ClFN2O9P+. The molecule has 1 aromatic carbocycles. The molecule has 6 unspecified atom stereocenters. The van der Waals surface area contributed by atoms with Gasteiger partial charge in [0.25, 0.3) is 5.56 Å². The third kappa shape index (κ3) is 5.86. The number of aromatic nitrogens is 2. The van der Waals surface area contributed by atoms with Crippen LogP contribution in [0.15, 0.2) is 46.1 Å². The van der Waals surface area contributed by atoms with Gasteiger partial charge in [0, 0.05) is 24.2 Å². The van der Waals surface area contributed by atoms with Crippen LogP contribution >= 0.6 is 19.8 Å². The van der Waals surface area contributed by atoms with E-state index >= 15 is 4.39 Å². The number of nitrogens with one attached hydrogen (secondary N) is 1. The summed E-state index contributed by atoms with van der Waals surface area (Å²) < 4.78 is 44.6. The maximum atomic E-state index is 15.9. The van der Waals surface area contributed by atoms with Gasteiger partial charge in [-0.1, -0.05) is 23.7 Å². The van der Waals surface area contributed by atoms with Gasteiger partial charge in [-0.25, -0.2) is 9.18 Å². The number of aromatic amines is 1. The molecule has 0 aliphatic carbocycles. The van der Waals surface area contributed by atoms with E-state index in [1.807, 2.05) is 4.98 Å². The fourth-order valence-electron chi connectivity index (χ4n) is 4.18. The molecule has 0 bridgehead atoms. The van der Waals surface area contributed by atoms with Crippen molar-refractivity contribution in [3.8, 4) is 0 Å². The van der Waals surface area contributed by atoms with E-state index in [9.17, 15) is 19.3 Å². The van der Waals surface area contributed by atoms with Gasteiger partial charge in [0.1, 0.15) is 25.4 Å². The lowest BCUT2D eigenvalue weighted by Gasteiger charge is -2.27. The smallest absolute Gasteiger partial charge is 0.456 e. The van der Waals surface area contributed by atoms with Crippen LogP contribution in [-0.4, -0.2) is 51.5 Å². The Kier molecular flexibility index (Phi) is 7.96. The summed E-state index contributed by atoms with van der Waals surface area (Å²) in [7, 11) is -3.91. The molecule has 11 nitrogen and oxygen atoms in total. The number of alkyl halides is 1. The summed E-state index contributed by atoms with van der Waals surface area (Å²) in [5.74, 6) is -0.788. The van der Waals surface area contributed by atoms with Crippen LogP contribution in [0.25, 0.3) is 0 Å². The summed E-state index contributed by atoms with van der Waals surface area (Å²) in [6.07, 6.45) is -2.73. The third-order valence-corrected chi connectivity index (χ3v) is 7.57. The minimum Gasteiger partial charge on any atom is -0.456 e. The van der Waals surface area contributed by atoms with Crippen molar-refractivity contribution in [2.45, 2.75) is 56.9 Å². The second kappa shape index (κ2) is 10.7. The molecule has 0 spiro atoms. The first-order valence-corrected chi connectivity index (χ1v) is 13.0. The van der Waals surface area contributed by atoms with Crippen LogP contribution in [0.5, 0.6) is 0 Å². The highest BCUT2D eigenvalue weighted by atomic mass is 35.5. The molecule has 2 N–H and O–H groups in total. The van der Waals surface area contributed by atoms with Gasteiger partial charge >= 0.3 is 19.8 Å². The van der Waals surface area contributed by atoms with Gasteiger partial charge in [0.05, 0.1) is 0 Å². The summed E-state index contributed by atoms with van der Waals surface area (Å²) >= 11 is 6.08. The van der Waals surface area contributed by atoms with Gasteiger partial charge in [-0.2, -0.15) is 13.9 Å². The number of hydrogen-bond donors (Lipinski definition) is 2. The van der Waals surface area contributed by atoms with Gasteiger partial charge in [-0.05, 0) is 37.5 Å². The Labute approximate surface area is 210 Å². The summed E-state index contributed by atoms with van der Waals surface area (Å²) in [4.78, 5) is 48.5. The van der Waals surface area contributed by atoms with Crippen molar-refractivity contribution in [1.82, 2.24) is 9.55 Å². The van der Waals surface area contributed by atoms with Crippen molar-refractivity contribution in [1.29, 1.82) is 0 Å². The predicted octanol–water partition coefficient (Wildman–Crippen LogP) is 3.00. The number of carbonyl (C=O) groups is 1. The van der Waals surface area contributed by atoms with E-state index in [1.54, 1.807) is 24.3 Å². The van der Waals surface area contributed by atoms with Crippen LogP contribution in [0.2, 0.25) is 5.02 Å².